The zero-order valence-electron chi connectivity index (χ0n) is 20.5. The lowest BCUT2D eigenvalue weighted by atomic mass is 9.86. The van der Waals surface area contributed by atoms with Gasteiger partial charge in [0.25, 0.3) is 0 Å². The lowest BCUT2D eigenvalue weighted by molar-refractivity contribution is -0.129. The van der Waals surface area contributed by atoms with E-state index in [1.165, 1.54) is 31.2 Å². The molecule has 0 aliphatic carbocycles. The van der Waals surface area contributed by atoms with Gasteiger partial charge in [0, 0.05) is 41.6 Å². The highest BCUT2D eigenvalue weighted by Crippen LogP contribution is 2.31. The Morgan fingerprint density at radius 2 is 1.45 bits per heavy atom. The van der Waals surface area contributed by atoms with Crippen LogP contribution < -0.4 is 0 Å². The third kappa shape index (κ3) is 6.26. The number of unbranched alkanes of at least 4 members (excludes halogenated alkanes) is 1. The molecule has 0 aromatic heterocycles. The van der Waals surface area contributed by atoms with E-state index in [2.05, 4.69) is 21.9 Å². The minimum atomic E-state index is -0.328. The first-order chi connectivity index (χ1) is 14.4. The predicted octanol–water partition coefficient (Wildman–Crippen LogP) is 5.00. The number of hydrogen-bond donors (Lipinski definition) is 0. The van der Waals surface area contributed by atoms with E-state index < -0.39 is 0 Å². The Hall–Kier alpha value is -1.52. The Bertz CT molecular complexity index is 756. The van der Waals surface area contributed by atoms with Crippen LogP contribution >= 0.6 is 0 Å². The molecule has 0 N–H and O–H groups in total. The van der Waals surface area contributed by atoms with Gasteiger partial charge in [-0.3, -0.25) is 14.5 Å². The Morgan fingerprint density at radius 1 is 0.871 bits per heavy atom. The van der Waals surface area contributed by atoms with Gasteiger partial charge in [-0.2, -0.15) is 0 Å². The Balaban J connectivity index is 1.41. The standard InChI is InChI=1S/C27H42N2O2/c1-26(2,3)24(30)19-29-22-14-15-23(29)18-28(17-22)16-8-7-9-20-10-12-21(13-11-20)25(31)27(4,5)6/h10-13,22-23H,7-9,14-19H2,1-6H3. The van der Waals surface area contributed by atoms with Gasteiger partial charge in [-0.25, -0.2) is 0 Å². The molecule has 1 aromatic rings. The van der Waals surface area contributed by atoms with Crippen LogP contribution in [0.25, 0.3) is 0 Å². The average Bonchev–Trinajstić information content (AvgIpc) is 2.92. The summed E-state index contributed by atoms with van der Waals surface area (Å²) in [5, 5.41) is 0. The highest BCUT2D eigenvalue weighted by molar-refractivity contribution is 5.99. The first-order valence-corrected chi connectivity index (χ1v) is 12.1. The number of likely N-dealkylation sites (tertiary alicyclic amines) is 1. The second kappa shape index (κ2) is 9.54. The summed E-state index contributed by atoms with van der Waals surface area (Å²) in [5.41, 5.74) is 1.56. The van der Waals surface area contributed by atoms with Crippen LogP contribution in [0.3, 0.4) is 0 Å². The summed E-state index contributed by atoms with van der Waals surface area (Å²) in [7, 11) is 0. The van der Waals surface area contributed by atoms with Crippen LogP contribution in [0.5, 0.6) is 0 Å². The van der Waals surface area contributed by atoms with Gasteiger partial charge in [0.05, 0.1) is 6.54 Å². The molecular weight excluding hydrogens is 384 g/mol. The second-order valence-corrected chi connectivity index (χ2v) is 11.7. The summed E-state index contributed by atoms with van der Waals surface area (Å²) in [6.07, 6.45) is 5.90. The van der Waals surface area contributed by atoms with Crippen molar-refractivity contribution in [3.05, 3.63) is 35.4 Å². The Morgan fingerprint density at radius 3 is 1.97 bits per heavy atom. The third-order valence-corrected chi connectivity index (χ3v) is 6.96. The molecule has 2 aliphatic heterocycles. The number of Topliss-reactive ketones (excluding diaryl/α,β-unsaturated/α-hetero) is 2. The van der Waals surface area contributed by atoms with Crippen LogP contribution in [-0.4, -0.2) is 59.6 Å². The number of fused-ring (bicyclic) bond motifs is 2. The number of rotatable bonds is 8. The van der Waals surface area contributed by atoms with E-state index in [-0.39, 0.29) is 16.6 Å². The van der Waals surface area contributed by atoms with Crippen molar-refractivity contribution in [2.24, 2.45) is 10.8 Å². The van der Waals surface area contributed by atoms with Crippen molar-refractivity contribution in [2.45, 2.75) is 85.7 Å². The van der Waals surface area contributed by atoms with Crippen LogP contribution in [-0.2, 0) is 11.2 Å². The summed E-state index contributed by atoms with van der Waals surface area (Å²) in [6, 6.07) is 9.31. The molecule has 4 nitrogen and oxygen atoms in total. The van der Waals surface area contributed by atoms with Gasteiger partial charge in [0.15, 0.2) is 11.6 Å². The fraction of sp³-hybridized carbons (Fsp3) is 0.704. The van der Waals surface area contributed by atoms with Crippen molar-refractivity contribution < 1.29 is 9.59 Å². The normalized spacial score (nSPS) is 22.6. The van der Waals surface area contributed by atoms with E-state index in [1.54, 1.807) is 0 Å². The summed E-state index contributed by atoms with van der Waals surface area (Å²) >= 11 is 0. The molecule has 1 aromatic carbocycles. The molecule has 2 saturated heterocycles. The highest BCUT2D eigenvalue weighted by Gasteiger charge is 2.41. The van der Waals surface area contributed by atoms with Crippen molar-refractivity contribution in [1.82, 2.24) is 9.80 Å². The predicted molar refractivity (Wildman–Crippen MR) is 128 cm³/mol. The van der Waals surface area contributed by atoms with E-state index in [1.807, 2.05) is 53.7 Å². The molecule has 0 saturated carbocycles. The number of carbonyl (C=O) groups excluding carboxylic acids is 2. The average molecular weight is 427 g/mol. The van der Waals surface area contributed by atoms with E-state index in [0.717, 1.165) is 31.6 Å². The van der Waals surface area contributed by atoms with Gasteiger partial charge in [0.1, 0.15) is 0 Å². The summed E-state index contributed by atoms with van der Waals surface area (Å²) < 4.78 is 0. The second-order valence-electron chi connectivity index (χ2n) is 11.7. The smallest absolute Gasteiger partial charge is 0.168 e. The van der Waals surface area contributed by atoms with E-state index in [0.29, 0.717) is 24.4 Å². The van der Waals surface area contributed by atoms with Crippen LogP contribution in [0.2, 0.25) is 0 Å². The zero-order valence-corrected chi connectivity index (χ0v) is 20.5. The molecular formula is C27H42N2O2. The number of hydrogen-bond acceptors (Lipinski definition) is 4. The Labute approximate surface area is 189 Å². The van der Waals surface area contributed by atoms with E-state index in [9.17, 15) is 9.59 Å². The summed E-state index contributed by atoms with van der Waals surface area (Å²) in [5.74, 6) is 0.574. The minimum Gasteiger partial charge on any atom is -0.300 e. The first kappa shape index (κ1) is 24.1. The number of nitrogens with zero attached hydrogens (tertiary/aromatic N) is 2. The number of ketones is 2. The monoisotopic (exact) mass is 426 g/mol. The van der Waals surface area contributed by atoms with Crippen molar-refractivity contribution in [2.75, 3.05) is 26.2 Å². The van der Waals surface area contributed by atoms with Crippen LogP contribution in [0.4, 0.5) is 0 Å². The maximum Gasteiger partial charge on any atom is 0.168 e. The maximum atomic E-state index is 12.5. The van der Waals surface area contributed by atoms with Crippen LogP contribution in [0.1, 0.15) is 83.1 Å². The molecule has 2 heterocycles. The molecule has 3 rings (SSSR count). The first-order valence-electron chi connectivity index (χ1n) is 12.1. The largest absolute Gasteiger partial charge is 0.300 e. The fourth-order valence-corrected chi connectivity index (χ4v) is 4.84. The van der Waals surface area contributed by atoms with E-state index in [4.69, 9.17) is 0 Å². The fourth-order valence-electron chi connectivity index (χ4n) is 4.84. The topological polar surface area (TPSA) is 40.6 Å². The molecule has 2 bridgehead atoms. The van der Waals surface area contributed by atoms with Crippen molar-refractivity contribution >= 4 is 11.6 Å². The van der Waals surface area contributed by atoms with Gasteiger partial charge in [0.2, 0.25) is 0 Å². The van der Waals surface area contributed by atoms with Crippen molar-refractivity contribution in [3.8, 4) is 0 Å². The van der Waals surface area contributed by atoms with Gasteiger partial charge in [-0.15, -0.1) is 0 Å². The summed E-state index contributed by atoms with van der Waals surface area (Å²) in [4.78, 5) is 30.0. The molecule has 2 aliphatic rings. The molecule has 4 heteroatoms. The molecule has 0 spiro atoms. The molecule has 2 atom stereocenters. The Kier molecular flexibility index (Phi) is 7.43. The molecule has 31 heavy (non-hydrogen) atoms. The van der Waals surface area contributed by atoms with Gasteiger partial charge in [-0.05, 0) is 44.2 Å². The van der Waals surface area contributed by atoms with Crippen molar-refractivity contribution in [3.63, 3.8) is 0 Å². The number of carbonyl (C=O) groups is 2. The number of piperazine rings is 1. The van der Waals surface area contributed by atoms with Gasteiger partial charge >= 0.3 is 0 Å². The molecule has 2 unspecified atom stereocenters. The number of aryl methyl sites for hydroxylation is 1. The van der Waals surface area contributed by atoms with Crippen molar-refractivity contribution in [1.29, 1.82) is 0 Å². The summed E-state index contributed by atoms with van der Waals surface area (Å²) in [6.45, 7) is 16.0. The lowest BCUT2D eigenvalue weighted by Gasteiger charge is -2.41. The number of benzene rings is 1. The third-order valence-electron chi connectivity index (χ3n) is 6.96. The quantitative estimate of drug-likeness (QED) is 0.433. The van der Waals surface area contributed by atoms with Gasteiger partial charge < -0.3 is 4.90 Å². The SMILES string of the molecule is CC(C)(C)C(=O)CN1C2CCC1CN(CCCCc1ccc(C(=O)C(C)(C)C)cc1)C2. The van der Waals surface area contributed by atoms with Crippen LogP contribution in [0, 0.1) is 10.8 Å². The van der Waals surface area contributed by atoms with Gasteiger partial charge in [-0.1, -0.05) is 65.8 Å². The molecule has 0 radical (unpaired) electrons. The molecule has 2 fully saturated rings. The maximum absolute atomic E-state index is 12.5. The van der Waals surface area contributed by atoms with Crippen LogP contribution in [0.15, 0.2) is 24.3 Å². The lowest BCUT2D eigenvalue weighted by Crippen LogP contribution is -2.55. The molecule has 0 amide bonds. The highest BCUT2D eigenvalue weighted by atomic mass is 16.1. The minimum absolute atomic E-state index is 0.206. The molecule has 172 valence electrons. The van der Waals surface area contributed by atoms with E-state index >= 15 is 0 Å². The zero-order chi connectivity index (χ0) is 22.8.